The molecule has 1 aliphatic heterocycles. The first kappa shape index (κ1) is 21.0. The Bertz CT molecular complexity index is 1250. The second-order valence-electron chi connectivity index (χ2n) is 7.70. The average molecular weight is 438 g/mol. The number of nitrogens with one attached hydrogen (secondary N) is 1. The van der Waals surface area contributed by atoms with Crippen molar-refractivity contribution in [3.8, 4) is 0 Å². The first-order valence-corrected chi connectivity index (χ1v) is 11.3. The van der Waals surface area contributed by atoms with Gasteiger partial charge in [-0.15, -0.1) is 0 Å². The molecule has 0 bridgehead atoms. The van der Waals surface area contributed by atoms with Gasteiger partial charge in [-0.2, -0.15) is 0 Å². The molecule has 1 N–H and O–H groups in total. The van der Waals surface area contributed by atoms with E-state index in [1.54, 1.807) is 17.0 Å². The molecule has 1 fully saturated rings. The maximum atomic E-state index is 12.8. The third-order valence-electron chi connectivity index (χ3n) is 5.45. The predicted octanol–water partition coefficient (Wildman–Crippen LogP) is 3.08. The third-order valence-corrected chi connectivity index (χ3v) is 7.28. The standard InChI is InChI=1S/C23H23N3O4S/c1-25(2)31(29,30)19-12-10-18(11-13-19)24-23(28)17-14-22(27)26(15-17)21-9-5-7-16-6-3-4-8-20(16)21/h3-13,17H,14-15H2,1-2H3,(H,24,28)/t17-/m1/s1. The highest BCUT2D eigenvalue weighted by Gasteiger charge is 2.35. The van der Waals surface area contributed by atoms with Crippen molar-refractivity contribution in [2.24, 2.45) is 5.92 Å². The van der Waals surface area contributed by atoms with Crippen molar-refractivity contribution >= 4 is 44.0 Å². The molecule has 0 spiro atoms. The van der Waals surface area contributed by atoms with Gasteiger partial charge in [0, 0.05) is 38.1 Å². The lowest BCUT2D eigenvalue weighted by molar-refractivity contribution is -0.122. The zero-order valence-electron chi connectivity index (χ0n) is 17.3. The summed E-state index contributed by atoms with van der Waals surface area (Å²) < 4.78 is 25.5. The topological polar surface area (TPSA) is 86.8 Å². The smallest absolute Gasteiger partial charge is 0.242 e. The van der Waals surface area contributed by atoms with Crippen LogP contribution < -0.4 is 10.2 Å². The van der Waals surface area contributed by atoms with E-state index < -0.39 is 15.9 Å². The highest BCUT2D eigenvalue weighted by Crippen LogP contribution is 2.32. The van der Waals surface area contributed by atoms with Crippen molar-refractivity contribution in [2.75, 3.05) is 30.9 Å². The van der Waals surface area contributed by atoms with Crippen molar-refractivity contribution in [3.05, 3.63) is 66.7 Å². The lowest BCUT2D eigenvalue weighted by Crippen LogP contribution is -2.28. The van der Waals surface area contributed by atoms with E-state index in [2.05, 4.69) is 5.32 Å². The molecule has 1 aliphatic rings. The number of rotatable bonds is 5. The molecule has 0 radical (unpaired) electrons. The molecule has 0 unspecified atom stereocenters. The minimum atomic E-state index is -3.53. The summed E-state index contributed by atoms with van der Waals surface area (Å²) in [6, 6.07) is 19.6. The van der Waals surface area contributed by atoms with E-state index in [0.717, 1.165) is 20.8 Å². The molecule has 2 amide bonds. The van der Waals surface area contributed by atoms with Crippen LogP contribution in [-0.4, -0.2) is 45.2 Å². The minimum absolute atomic E-state index is 0.0936. The Balaban J connectivity index is 1.49. The fourth-order valence-electron chi connectivity index (χ4n) is 3.73. The van der Waals surface area contributed by atoms with Gasteiger partial charge in [0.1, 0.15) is 0 Å². The molecule has 3 aromatic rings. The van der Waals surface area contributed by atoms with E-state index in [0.29, 0.717) is 12.2 Å². The van der Waals surface area contributed by atoms with Crippen molar-refractivity contribution in [1.82, 2.24) is 4.31 Å². The molecule has 0 aromatic heterocycles. The summed E-state index contributed by atoms with van der Waals surface area (Å²) >= 11 is 0. The van der Waals surface area contributed by atoms with Crippen LogP contribution in [0.1, 0.15) is 6.42 Å². The molecule has 1 heterocycles. The summed E-state index contributed by atoms with van der Waals surface area (Å²) in [7, 11) is -0.607. The number of sulfonamides is 1. The highest BCUT2D eigenvalue weighted by molar-refractivity contribution is 7.89. The van der Waals surface area contributed by atoms with E-state index in [9.17, 15) is 18.0 Å². The molecule has 4 rings (SSSR count). The molecule has 1 saturated heterocycles. The fourth-order valence-corrected chi connectivity index (χ4v) is 4.63. The maximum absolute atomic E-state index is 12.8. The number of carbonyl (C=O) groups excluding carboxylic acids is 2. The number of benzene rings is 3. The van der Waals surface area contributed by atoms with Crippen LogP contribution in [-0.2, 0) is 19.6 Å². The molecule has 31 heavy (non-hydrogen) atoms. The summed E-state index contributed by atoms with van der Waals surface area (Å²) in [5.41, 5.74) is 1.29. The summed E-state index contributed by atoms with van der Waals surface area (Å²) in [6.45, 7) is 0.297. The number of hydrogen-bond acceptors (Lipinski definition) is 4. The number of hydrogen-bond donors (Lipinski definition) is 1. The molecule has 1 atom stereocenters. The minimum Gasteiger partial charge on any atom is -0.326 e. The second kappa shape index (κ2) is 8.13. The number of nitrogens with zero attached hydrogens (tertiary/aromatic N) is 2. The van der Waals surface area contributed by atoms with Gasteiger partial charge in [0.2, 0.25) is 21.8 Å². The van der Waals surface area contributed by atoms with Gasteiger partial charge in [-0.3, -0.25) is 9.59 Å². The average Bonchev–Trinajstić information content (AvgIpc) is 3.15. The van der Waals surface area contributed by atoms with E-state index in [-0.39, 0.29) is 23.1 Å². The van der Waals surface area contributed by atoms with Crippen LogP contribution >= 0.6 is 0 Å². The fraction of sp³-hybridized carbons (Fsp3) is 0.217. The van der Waals surface area contributed by atoms with Gasteiger partial charge in [0.25, 0.3) is 0 Å². The number of amides is 2. The van der Waals surface area contributed by atoms with Gasteiger partial charge in [0.15, 0.2) is 0 Å². The molecule has 0 saturated carbocycles. The van der Waals surface area contributed by atoms with Gasteiger partial charge >= 0.3 is 0 Å². The van der Waals surface area contributed by atoms with E-state index in [1.165, 1.54) is 26.2 Å². The molecular weight excluding hydrogens is 414 g/mol. The quantitative estimate of drug-likeness (QED) is 0.665. The lowest BCUT2D eigenvalue weighted by atomic mass is 10.1. The van der Waals surface area contributed by atoms with Gasteiger partial charge in [-0.25, -0.2) is 12.7 Å². The van der Waals surface area contributed by atoms with Crippen LogP contribution in [0.15, 0.2) is 71.6 Å². The summed E-state index contributed by atoms with van der Waals surface area (Å²) in [4.78, 5) is 27.3. The van der Waals surface area contributed by atoms with Crippen LogP contribution in [0.5, 0.6) is 0 Å². The highest BCUT2D eigenvalue weighted by atomic mass is 32.2. The van der Waals surface area contributed by atoms with Crippen molar-refractivity contribution in [3.63, 3.8) is 0 Å². The number of anilines is 2. The maximum Gasteiger partial charge on any atom is 0.242 e. The Labute approximate surface area is 181 Å². The predicted molar refractivity (Wildman–Crippen MR) is 120 cm³/mol. The first-order chi connectivity index (χ1) is 14.8. The first-order valence-electron chi connectivity index (χ1n) is 9.89. The van der Waals surface area contributed by atoms with Crippen molar-refractivity contribution in [2.45, 2.75) is 11.3 Å². The molecular formula is C23H23N3O4S. The lowest BCUT2D eigenvalue weighted by Gasteiger charge is -2.19. The van der Waals surface area contributed by atoms with Crippen LogP contribution in [0.2, 0.25) is 0 Å². The Morgan fingerprint density at radius 2 is 1.68 bits per heavy atom. The zero-order chi connectivity index (χ0) is 22.2. The van der Waals surface area contributed by atoms with Gasteiger partial charge in [0.05, 0.1) is 16.5 Å². The van der Waals surface area contributed by atoms with Gasteiger partial charge < -0.3 is 10.2 Å². The Hall–Kier alpha value is -3.23. The Kier molecular flexibility index (Phi) is 5.51. The largest absolute Gasteiger partial charge is 0.326 e. The van der Waals surface area contributed by atoms with E-state index in [4.69, 9.17) is 0 Å². The van der Waals surface area contributed by atoms with Gasteiger partial charge in [-0.05, 0) is 35.7 Å². The molecule has 0 aliphatic carbocycles. The van der Waals surface area contributed by atoms with Gasteiger partial charge in [-0.1, -0.05) is 36.4 Å². The molecule has 160 valence electrons. The second-order valence-corrected chi connectivity index (χ2v) is 9.86. The summed E-state index contributed by atoms with van der Waals surface area (Å²) in [6.07, 6.45) is 0.127. The van der Waals surface area contributed by atoms with E-state index in [1.807, 2.05) is 42.5 Å². The molecule has 7 nitrogen and oxygen atoms in total. The van der Waals surface area contributed by atoms with E-state index >= 15 is 0 Å². The van der Waals surface area contributed by atoms with Crippen LogP contribution in [0, 0.1) is 5.92 Å². The van der Waals surface area contributed by atoms with Crippen LogP contribution in [0.4, 0.5) is 11.4 Å². The SMILES string of the molecule is CN(C)S(=O)(=O)c1ccc(NC(=O)[C@@H]2CC(=O)N(c3cccc4ccccc34)C2)cc1. The number of carbonyl (C=O) groups is 2. The van der Waals surface area contributed by atoms with Crippen molar-refractivity contribution in [1.29, 1.82) is 0 Å². The molecule has 8 heteroatoms. The normalized spacial score (nSPS) is 16.8. The third kappa shape index (κ3) is 4.04. The zero-order valence-corrected chi connectivity index (χ0v) is 18.1. The van der Waals surface area contributed by atoms with Crippen LogP contribution in [0.25, 0.3) is 10.8 Å². The summed E-state index contributed by atoms with van der Waals surface area (Å²) in [5, 5.41) is 4.80. The van der Waals surface area contributed by atoms with Crippen LogP contribution in [0.3, 0.4) is 0 Å². The number of fused-ring (bicyclic) bond motifs is 1. The Morgan fingerprint density at radius 1 is 1.00 bits per heavy atom. The molecule has 3 aromatic carbocycles. The summed E-state index contributed by atoms with van der Waals surface area (Å²) in [5.74, 6) is -0.847. The Morgan fingerprint density at radius 3 is 2.39 bits per heavy atom. The monoisotopic (exact) mass is 437 g/mol. The van der Waals surface area contributed by atoms with Crippen molar-refractivity contribution < 1.29 is 18.0 Å².